The molecule has 27 heavy (non-hydrogen) atoms. The van der Waals surface area contributed by atoms with E-state index < -0.39 is 10.0 Å². The first-order chi connectivity index (χ1) is 12.9. The molecule has 1 aliphatic rings. The Hall–Kier alpha value is -2.39. The molecule has 8 nitrogen and oxygen atoms in total. The molecule has 4 rings (SSSR count). The second-order valence-corrected chi connectivity index (χ2v) is 8.62. The van der Waals surface area contributed by atoms with Gasteiger partial charge in [0.25, 0.3) is 10.0 Å². The van der Waals surface area contributed by atoms with Crippen LogP contribution >= 0.6 is 11.6 Å². The van der Waals surface area contributed by atoms with E-state index >= 15 is 0 Å². The number of aryl methyl sites for hydroxylation is 2. The van der Waals surface area contributed by atoms with Crippen molar-refractivity contribution >= 4 is 27.3 Å². The van der Waals surface area contributed by atoms with Crippen molar-refractivity contribution in [3.8, 4) is 11.4 Å². The highest BCUT2D eigenvalue weighted by Gasteiger charge is 2.21. The Morgan fingerprint density at radius 3 is 2.81 bits per heavy atom. The quantitative estimate of drug-likeness (QED) is 0.718. The number of imidazole rings is 1. The summed E-state index contributed by atoms with van der Waals surface area (Å²) in [6, 6.07) is 4.96. The Balaban J connectivity index is 1.70. The third-order valence-electron chi connectivity index (χ3n) is 4.53. The number of hydrogen-bond donors (Lipinski definition) is 1. The standard InChI is InChI=1S/C17H19ClN6O2S/c1-23-10-16(19-11-23)27(25,26)22-12-6-7-14(18)13(9-12)17-21-20-15-5-3-2-4-8-24(15)17/h6-7,9-11,22H,2-5,8H2,1H3. The summed E-state index contributed by atoms with van der Waals surface area (Å²) in [5.41, 5.74) is 1.05. The first-order valence-electron chi connectivity index (χ1n) is 8.67. The highest BCUT2D eigenvalue weighted by molar-refractivity contribution is 7.92. The number of nitrogens with zero attached hydrogens (tertiary/aromatic N) is 5. The van der Waals surface area contributed by atoms with Gasteiger partial charge in [-0.2, -0.15) is 8.42 Å². The molecule has 142 valence electrons. The molecular weight excluding hydrogens is 388 g/mol. The molecule has 0 bridgehead atoms. The van der Waals surface area contributed by atoms with E-state index in [9.17, 15) is 8.42 Å². The lowest BCUT2D eigenvalue weighted by atomic mass is 10.2. The molecule has 0 atom stereocenters. The Bertz CT molecular complexity index is 1090. The van der Waals surface area contributed by atoms with Gasteiger partial charge in [0.15, 0.2) is 10.9 Å². The van der Waals surface area contributed by atoms with Crippen LogP contribution in [0.15, 0.2) is 35.7 Å². The molecule has 2 aromatic heterocycles. The molecule has 1 aromatic carbocycles. The van der Waals surface area contributed by atoms with E-state index in [1.807, 2.05) is 0 Å². The number of sulfonamides is 1. The zero-order valence-electron chi connectivity index (χ0n) is 14.8. The van der Waals surface area contributed by atoms with E-state index in [-0.39, 0.29) is 5.03 Å². The van der Waals surface area contributed by atoms with Crippen LogP contribution in [0.2, 0.25) is 5.02 Å². The van der Waals surface area contributed by atoms with Gasteiger partial charge in [-0.05, 0) is 31.0 Å². The Morgan fingerprint density at radius 2 is 2.04 bits per heavy atom. The number of nitrogens with one attached hydrogen (secondary N) is 1. The first-order valence-corrected chi connectivity index (χ1v) is 10.5. The molecule has 3 heterocycles. The number of aromatic nitrogens is 5. The smallest absolute Gasteiger partial charge is 0.280 e. The number of benzene rings is 1. The molecule has 0 spiro atoms. The molecule has 0 saturated carbocycles. The zero-order valence-corrected chi connectivity index (χ0v) is 16.3. The summed E-state index contributed by atoms with van der Waals surface area (Å²) in [7, 11) is -2.07. The van der Waals surface area contributed by atoms with Crippen LogP contribution in [-0.2, 0) is 30.0 Å². The van der Waals surface area contributed by atoms with Crippen molar-refractivity contribution < 1.29 is 8.42 Å². The third kappa shape index (κ3) is 3.57. The maximum atomic E-state index is 12.5. The van der Waals surface area contributed by atoms with E-state index in [1.165, 1.54) is 12.5 Å². The molecular formula is C17H19ClN6O2S. The predicted molar refractivity (Wildman–Crippen MR) is 102 cm³/mol. The summed E-state index contributed by atoms with van der Waals surface area (Å²) in [6.45, 7) is 0.831. The fourth-order valence-electron chi connectivity index (χ4n) is 3.18. The molecule has 1 aliphatic heterocycles. The summed E-state index contributed by atoms with van der Waals surface area (Å²) < 4.78 is 31.2. The Labute approximate surface area is 162 Å². The molecule has 0 radical (unpaired) electrons. The van der Waals surface area contributed by atoms with Crippen molar-refractivity contribution in [2.75, 3.05) is 4.72 Å². The maximum Gasteiger partial charge on any atom is 0.280 e. The lowest BCUT2D eigenvalue weighted by molar-refractivity contribution is 0.598. The molecule has 0 aliphatic carbocycles. The van der Waals surface area contributed by atoms with E-state index in [1.54, 1.807) is 29.8 Å². The van der Waals surface area contributed by atoms with E-state index in [0.29, 0.717) is 22.1 Å². The second-order valence-electron chi connectivity index (χ2n) is 6.58. The van der Waals surface area contributed by atoms with Gasteiger partial charge in [0.1, 0.15) is 5.82 Å². The number of halogens is 1. The molecule has 0 saturated heterocycles. The molecule has 10 heteroatoms. The van der Waals surface area contributed by atoms with Gasteiger partial charge >= 0.3 is 0 Å². The molecule has 0 amide bonds. The minimum Gasteiger partial charge on any atom is -0.339 e. The van der Waals surface area contributed by atoms with Crippen molar-refractivity contribution in [1.29, 1.82) is 0 Å². The number of hydrogen-bond acceptors (Lipinski definition) is 5. The lowest BCUT2D eigenvalue weighted by Crippen LogP contribution is -2.13. The van der Waals surface area contributed by atoms with Crippen molar-refractivity contribution in [3.05, 3.63) is 41.6 Å². The SMILES string of the molecule is Cn1cnc(S(=O)(=O)Nc2ccc(Cl)c(-c3nnc4n3CCCCC4)c2)c1. The van der Waals surface area contributed by atoms with E-state index in [0.717, 1.165) is 38.1 Å². The van der Waals surface area contributed by atoms with Crippen LogP contribution in [0.25, 0.3) is 11.4 Å². The van der Waals surface area contributed by atoms with Crippen LogP contribution < -0.4 is 4.72 Å². The van der Waals surface area contributed by atoms with Gasteiger partial charge in [0, 0.05) is 37.5 Å². The van der Waals surface area contributed by atoms with Gasteiger partial charge in [-0.25, -0.2) is 4.98 Å². The molecule has 3 aromatic rings. The van der Waals surface area contributed by atoms with Crippen LogP contribution in [0.4, 0.5) is 5.69 Å². The summed E-state index contributed by atoms with van der Waals surface area (Å²) in [4.78, 5) is 3.90. The average Bonchev–Trinajstić information content (AvgIpc) is 3.17. The van der Waals surface area contributed by atoms with Crippen LogP contribution in [0.1, 0.15) is 25.1 Å². The highest BCUT2D eigenvalue weighted by atomic mass is 35.5. The minimum atomic E-state index is -3.78. The van der Waals surface area contributed by atoms with Gasteiger partial charge in [0.2, 0.25) is 0 Å². The van der Waals surface area contributed by atoms with Crippen molar-refractivity contribution in [2.45, 2.75) is 37.3 Å². The summed E-state index contributed by atoms with van der Waals surface area (Å²) in [5.74, 6) is 1.61. The minimum absolute atomic E-state index is 0.0437. The van der Waals surface area contributed by atoms with E-state index in [4.69, 9.17) is 11.6 Å². The van der Waals surface area contributed by atoms with Crippen LogP contribution in [0, 0.1) is 0 Å². The monoisotopic (exact) mass is 406 g/mol. The van der Waals surface area contributed by atoms with Gasteiger partial charge < -0.3 is 9.13 Å². The van der Waals surface area contributed by atoms with Crippen molar-refractivity contribution in [3.63, 3.8) is 0 Å². The van der Waals surface area contributed by atoms with Crippen LogP contribution in [-0.4, -0.2) is 32.7 Å². The molecule has 0 fully saturated rings. The fourth-order valence-corrected chi connectivity index (χ4v) is 4.41. The summed E-state index contributed by atoms with van der Waals surface area (Å²) in [5, 5.41) is 9.05. The molecule has 0 unspecified atom stereocenters. The largest absolute Gasteiger partial charge is 0.339 e. The van der Waals surface area contributed by atoms with Gasteiger partial charge in [-0.3, -0.25) is 4.72 Å². The normalized spacial score (nSPS) is 14.6. The maximum absolute atomic E-state index is 12.5. The van der Waals surface area contributed by atoms with Crippen molar-refractivity contribution in [2.24, 2.45) is 7.05 Å². The lowest BCUT2D eigenvalue weighted by Gasteiger charge is -2.11. The third-order valence-corrected chi connectivity index (χ3v) is 6.12. The second kappa shape index (κ2) is 6.97. The summed E-state index contributed by atoms with van der Waals surface area (Å²) in [6.07, 6.45) is 7.07. The van der Waals surface area contributed by atoms with Gasteiger partial charge in [-0.1, -0.05) is 18.0 Å². The van der Waals surface area contributed by atoms with Gasteiger partial charge in [0.05, 0.1) is 11.3 Å². The summed E-state index contributed by atoms with van der Waals surface area (Å²) >= 11 is 6.39. The highest BCUT2D eigenvalue weighted by Crippen LogP contribution is 2.32. The number of anilines is 1. The van der Waals surface area contributed by atoms with Gasteiger partial charge in [-0.15, -0.1) is 10.2 Å². The number of rotatable bonds is 4. The zero-order chi connectivity index (χ0) is 19.0. The topological polar surface area (TPSA) is 94.7 Å². The Morgan fingerprint density at radius 1 is 1.19 bits per heavy atom. The number of fused-ring (bicyclic) bond motifs is 1. The predicted octanol–water partition coefficient (Wildman–Crippen LogP) is 2.86. The Kier molecular flexibility index (Phi) is 4.65. The average molecular weight is 407 g/mol. The first kappa shape index (κ1) is 18.0. The fraction of sp³-hybridized carbons (Fsp3) is 0.353. The van der Waals surface area contributed by atoms with Crippen molar-refractivity contribution in [1.82, 2.24) is 24.3 Å². The van der Waals surface area contributed by atoms with Crippen LogP contribution in [0.3, 0.4) is 0 Å². The molecule has 1 N–H and O–H groups in total. The van der Waals surface area contributed by atoms with Crippen LogP contribution in [0.5, 0.6) is 0 Å². The van der Waals surface area contributed by atoms with E-state index in [2.05, 4.69) is 24.5 Å².